The summed E-state index contributed by atoms with van der Waals surface area (Å²) in [7, 11) is 2.14. The molecule has 2 aromatic rings. The molecular weight excluding hydrogens is 286 g/mol. The first-order valence-electron chi connectivity index (χ1n) is 8.29. The van der Waals surface area contributed by atoms with Crippen LogP contribution in [0.25, 0.3) is 0 Å². The Bertz CT molecular complexity index is 662. The van der Waals surface area contributed by atoms with Crippen molar-refractivity contribution in [1.82, 2.24) is 14.4 Å². The molecule has 122 valence electrons. The minimum Gasteiger partial charge on any atom is -0.341 e. The molecule has 2 heterocycles. The largest absolute Gasteiger partial charge is 0.341 e. The van der Waals surface area contributed by atoms with Gasteiger partial charge < -0.3 is 9.47 Å². The third-order valence-electron chi connectivity index (χ3n) is 4.67. The Labute approximate surface area is 138 Å². The lowest BCUT2D eigenvalue weighted by Gasteiger charge is -2.39. The molecule has 0 spiro atoms. The summed E-state index contributed by atoms with van der Waals surface area (Å²) in [6.45, 7) is 6.62. The summed E-state index contributed by atoms with van der Waals surface area (Å²) in [5.74, 6) is 0.137. The van der Waals surface area contributed by atoms with Crippen LogP contribution in [-0.2, 0) is 0 Å². The molecule has 1 aromatic heterocycles. The number of hydrogen-bond acceptors (Lipinski definition) is 2. The topological polar surface area (TPSA) is 28.5 Å². The Morgan fingerprint density at radius 3 is 2.52 bits per heavy atom. The second-order valence-electron chi connectivity index (χ2n) is 6.55. The van der Waals surface area contributed by atoms with Gasteiger partial charge >= 0.3 is 0 Å². The van der Waals surface area contributed by atoms with E-state index in [1.165, 1.54) is 5.56 Å². The Morgan fingerprint density at radius 1 is 1.09 bits per heavy atom. The van der Waals surface area contributed by atoms with Gasteiger partial charge in [-0.25, -0.2) is 0 Å². The maximum absolute atomic E-state index is 13.0. The lowest BCUT2D eigenvalue weighted by molar-refractivity contribution is 0.0535. The van der Waals surface area contributed by atoms with Crippen molar-refractivity contribution in [3.8, 4) is 0 Å². The van der Waals surface area contributed by atoms with Gasteiger partial charge in [0, 0.05) is 31.9 Å². The number of hydrogen-bond donors (Lipinski definition) is 0. The summed E-state index contributed by atoms with van der Waals surface area (Å²) in [6, 6.07) is 14.9. The highest BCUT2D eigenvalue weighted by atomic mass is 16.2. The molecule has 0 saturated carbocycles. The number of carbonyl (C=O) groups excluding carboxylic acids is 1. The monoisotopic (exact) mass is 311 g/mol. The number of nitrogens with zero attached hydrogens (tertiary/aromatic N) is 3. The predicted octanol–water partition coefficient (Wildman–Crippen LogP) is 3.20. The van der Waals surface area contributed by atoms with E-state index in [4.69, 9.17) is 0 Å². The van der Waals surface area contributed by atoms with Crippen LogP contribution in [0.4, 0.5) is 0 Å². The molecule has 4 nitrogen and oxygen atoms in total. The van der Waals surface area contributed by atoms with Crippen LogP contribution >= 0.6 is 0 Å². The Balaban J connectivity index is 1.81. The summed E-state index contributed by atoms with van der Waals surface area (Å²) in [5, 5.41) is 0. The molecule has 1 aliphatic heterocycles. The Hall–Kier alpha value is -2.07. The third kappa shape index (κ3) is 3.17. The van der Waals surface area contributed by atoms with E-state index in [1.807, 2.05) is 29.3 Å². The van der Waals surface area contributed by atoms with E-state index in [0.717, 1.165) is 25.3 Å². The third-order valence-corrected chi connectivity index (χ3v) is 4.67. The van der Waals surface area contributed by atoms with Crippen LogP contribution in [0.1, 0.15) is 42.0 Å². The van der Waals surface area contributed by atoms with Crippen molar-refractivity contribution >= 4 is 5.91 Å². The molecule has 1 saturated heterocycles. The van der Waals surface area contributed by atoms with Crippen molar-refractivity contribution < 1.29 is 4.79 Å². The van der Waals surface area contributed by atoms with Crippen LogP contribution < -0.4 is 0 Å². The maximum Gasteiger partial charge on any atom is 0.270 e. The van der Waals surface area contributed by atoms with Crippen LogP contribution in [0, 0.1) is 0 Å². The highest BCUT2D eigenvalue weighted by Crippen LogP contribution is 2.25. The fourth-order valence-electron chi connectivity index (χ4n) is 3.28. The summed E-state index contributed by atoms with van der Waals surface area (Å²) in [5.41, 5.74) is 2.06. The van der Waals surface area contributed by atoms with Gasteiger partial charge in [0.2, 0.25) is 0 Å². The predicted molar refractivity (Wildman–Crippen MR) is 92.5 cm³/mol. The molecule has 0 radical (unpaired) electrons. The van der Waals surface area contributed by atoms with Crippen molar-refractivity contribution in [2.75, 3.05) is 26.7 Å². The normalized spacial score (nSPS) is 19.3. The summed E-state index contributed by atoms with van der Waals surface area (Å²) in [4.78, 5) is 17.3. The number of carbonyl (C=O) groups is 1. The zero-order valence-corrected chi connectivity index (χ0v) is 14.1. The molecule has 3 rings (SSSR count). The van der Waals surface area contributed by atoms with Crippen molar-refractivity contribution in [3.63, 3.8) is 0 Å². The van der Waals surface area contributed by atoms with Crippen LogP contribution in [0.15, 0.2) is 48.7 Å². The average molecular weight is 311 g/mol. The molecule has 0 bridgehead atoms. The molecule has 1 aliphatic rings. The van der Waals surface area contributed by atoms with E-state index >= 15 is 0 Å². The van der Waals surface area contributed by atoms with E-state index in [9.17, 15) is 4.79 Å². The van der Waals surface area contributed by atoms with E-state index in [0.29, 0.717) is 6.04 Å². The van der Waals surface area contributed by atoms with Gasteiger partial charge in [0.25, 0.3) is 5.91 Å². The van der Waals surface area contributed by atoms with E-state index in [-0.39, 0.29) is 11.9 Å². The molecule has 0 N–H and O–H groups in total. The van der Waals surface area contributed by atoms with E-state index in [1.54, 1.807) is 0 Å². The van der Waals surface area contributed by atoms with Crippen LogP contribution in [-0.4, -0.2) is 47.0 Å². The standard InChI is InChI=1S/C19H25N3O/c1-15(2)22-11-7-10-17(22)19(23)21-13-12-20(3)18(14-21)16-8-5-4-6-9-16/h4-11,15,18H,12-14H2,1-3H3. The zero-order valence-electron chi connectivity index (χ0n) is 14.1. The summed E-state index contributed by atoms with van der Waals surface area (Å²) >= 11 is 0. The van der Waals surface area contributed by atoms with Crippen molar-refractivity contribution in [2.45, 2.75) is 25.9 Å². The minimum atomic E-state index is 0.137. The highest BCUT2D eigenvalue weighted by molar-refractivity contribution is 5.93. The van der Waals surface area contributed by atoms with Crippen LogP contribution in [0.2, 0.25) is 0 Å². The van der Waals surface area contributed by atoms with Crippen molar-refractivity contribution in [2.24, 2.45) is 0 Å². The number of amides is 1. The SMILES string of the molecule is CC(C)n1cccc1C(=O)N1CCN(C)C(c2ccccc2)C1. The van der Waals surface area contributed by atoms with Crippen LogP contribution in [0.5, 0.6) is 0 Å². The van der Waals surface area contributed by atoms with Gasteiger partial charge in [-0.05, 0) is 38.6 Å². The van der Waals surface area contributed by atoms with Crippen molar-refractivity contribution in [3.05, 3.63) is 59.9 Å². The maximum atomic E-state index is 13.0. The molecule has 4 heteroatoms. The van der Waals surface area contributed by atoms with Gasteiger partial charge in [0.15, 0.2) is 0 Å². The van der Waals surface area contributed by atoms with E-state index in [2.05, 4.69) is 54.6 Å². The van der Waals surface area contributed by atoms with Gasteiger partial charge in [0.1, 0.15) is 5.69 Å². The molecule has 1 amide bonds. The molecule has 1 unspecified atom stereocenters. The fourth-order valence-corrected chi connectivity index (χ4v) is 3.28. The Morgan fingerprint density at radius 2 is 1.83 bits per heavy atom. The molecule has 1 aromatic carbocycles. The molecular formula is C19H25N3O. The lowest BCUT2D eigenvalue weighted by atomic mass is 10.0. The number of benzene rings is 1. The highest BCUT2D eigenvalue weighted by Gasteiger charge is 2.30. The van der Waals surface area contributed by atoms with Gasteiger partial charge in [-0.1, -0.05) is 30.3 Å². The first-order chi connectivity index (χ1) is 11.1. The van der Waals surface area contributed by atoms with Gasteiger partial charge in [-0.3, -0.25) is 9.69 Å². The summed E-state index contributed by atoms with van der Waals surface area (Å²) in [6.07, 6.45) is 1.99. The molecule has 0 aliphatic carbocycles. The van der Waals surface area contributed by atoms with Gasteiger partial charge in [-0.15, -0.1) is 0 Å². The minimum absolute atomic E-state index is 0.137. The second kappa shape index (κ2) is 6.59. The fraction of sp³-hybridized carbons (Fsp3) is 0.421. The number of likely N-dealkylation sites (N-methyl/N-ethyl adjacent to an activating group) is 1. The smallest absolute Gasteiger partial charge is 0.270 e. The first kappa shape index (κ1) is 15.8. The average Bonchev–Trinajstić information content (AvgIpc) is 3.05. The second-order valence-corrected chi connectivity index (χ2v) is 6.55. The van der Waals surface area contributed by atoms with Gasteiger partial charge in [0.05, 0.1) is 6.04 Å². The van der Waals surface area contributed by atoms with Crippen molar-refractivity contribution in [1.29, 1.82) is 0 Å². The van der Waals surface area contributed by atoms with Gasteiger partial charge in [-0.2, -0.15) is 0 Å². The molecule has 1 fully saturated rings. The van der Waals surface area contributed by atoms with Crippen LogP contribution in [0.3, 0.4) is 0 Å². The number of piperazine rings is 1. The number of rotatable bonds is 3. The number of aromatic nitrogens is 1. The molecule has 1 atom stereocenters. The quantitative estimate of drug-likeness (QED) is 0.871. The summed E-state index contributed by atoms with van der Waals surface area (Å²) < 4.78 is 2.05. The van der Waals surface area contributed by atoms with E-state index < -0.39 is 0 Å². The first-order valence-corrected chi connectivity index (χ1v) is 8.29. The molecule has 23 heavy (non-hydrogen) atoms. The lowest BCUT2D eigenvalue weighted by Crippen LogP contribution is -2.49. The zero-order chi connectivity index (χ0) is 16.4. The Kier molecular flexibility index (Phi) is 4.53.